The lowest BCUT2D eigenvalue weighted by Gasteiger charge is -2.04. The molecular weight excluding hydrogens is 350 g/mol. The number of methoxy groups -OCH3 is 1. The van der Waals surface area contributed by atoms with E-state index in [1.807, 2.05) is 18.2 Å². The Balaban J connectivity index is 2.14. The molecule has 0 aliphatic rings. The fourth-order valence-corrected chi connectivity index (χ4v) is 3.46. The molecule has 3 aromatic rings. The summed E-state index contributed by atoms with van der Waals surface area (Å²) in [6.07, 6.45) is 0. The molecule has 3 rings (SSSR count). The number of fused-ring (bicyclic) bond motifs is 1. The number of carbonyl (C=O) groups excluding carboxylic acids is 1. The number of esters is 1. The van der Waals surface area contributed by atoms with Crippen molar-refractivity contribution in [3.05, 3.63) is 53.6 Å². The molecule has 0 N–H and O–H groups in total. The minimum atomic E-state index is -0.342. The van der Waals surface area contributed by atoms with Crippen molar-refractivity contribution in [1.82, 2.24) is 4.98 Å². The molecule has 0 fully saturated rings. The number of ether oxygens (including phenoxy) is 1. The van der Waals surface area contributed by atoms with Gasteiger partial charge in [0.2, 0.25) is 0 Å². The molecule has 0 aliphatic carbocycles. The Bertz CT molecular complexity index is 813. The highest BCUT2D eigenvalue weighted by molar-refractivity contribution is 9.08. The molecule has 0 atom stereocenters. The standard InChI is InChI=1S/C16H12BrNO2S/c1-20-16(19)12-5-3-2-4-11(12)15-18-13-8-10(9-17)6-7-14(13)21-15/h2-8H,9H2,1H3. The van der Waals surface area contributed by atoms with Gasteiger partial charge in [0.05, 0.1) is 22.9 Å². The average molecular weight is 362 g/mol. The molecule has 0 aliphatic heterocycles. The van der Waals surface area contributed by atoms with Crippen LogP contribution in [0.25, 0.3) is 20.8 Å². The van der Waals surface area contributed by atoms with Crippen LogP contribution in [0.5, 0.6) is 0 Å². The predicted octanol–water partition coefficient (Wildman–Crippen LogP) is 4.64. The zero-order valence-electron chi connectivity index (χ0n) is 11.3. The molecule has 1 heterocycles. The summed E-state index contributed by atoms with van der Waals surface area (Å²) in [6, 6.07) is 13.6. The topological polar surface area (TPSA) is 39.2 Å². The normalized spacial score (nSPS) is 10.8. The Hall–Kier alpha value is -1.72. The lowest BCUT2D eigenvalue weighted by molar-refractivity contribution is 0.0601. The van der Waals surface area contributed by atoms with Gasteiger partial charge in [0.25, 0.3) is 0 Å². The largest absolute Gasteiger partial charge is 0.465 e. The van der Waals surface area contributed by atoms with E-state index in [0.717, 1.165) is 26.1 Å². The number of benzene rings is 2. The zero-order valence-corrected chi connectivity index (χ0v) is 13.7. The summed E-state index contributed by atoms with van der Waals surface area (Å²) in [5, 5.41) is 1.63. The van der Waals surface area contributed by atoms with Crippen LogP contribution in [-0.4, -0.2) is 18.1 Å². The van der Waals surface area contributed by atoms with E-state index in [0.29, 0.717) is 5.56 Å². The van der Waals surface area contributed by atoms with Gasteiger partial charge in [-0.05, 0) is 23.8 Å². The average Bonchev–Trinajstić information content (AvgIpc) is 2.96. The molecule has 0 radical (unpaired) electrons. The maximum Gasteiger partial charge on any atom is 0.338 e. The smallest absolute Gasteiger partial charge is 0.338 e. The Morgan fingerprint density at radius 2 is 2.10 bits per heavy atom. The zero-order chi connectivity index (χ0) is 14.8. The lowest BCUT2D eigenvalue weighted by Crippen LogP contribution is -2.02. The number of carbonyl (C=O) groups is 1. The maximum atomic E-state index is 11.9. The summed E-state index contributed by atoms with van der Waals surface area (Å²) in [4.78, 5) is 16.5. The van der Waals surface area contributed by atoms with Crippen molar-refractivity contribution in [2.45, 2.75) is 5.33 Å². The van der Waals surface area contributed by atoms with Gasteiger partial charge in [-0.3, -0.25) is 0 Å². The van der Waals surface area contributed by atoms with Gasteiger partial charge < -0.3 is 4.74 Å². The molecule has 21 heavy (non-hydrogen) atoms. The highest BCUT2D eigenvalue weighted by atomic mass is 79.9. The van der Waals surface area contributed by atoms with Crippen LogP contribution in [0.2, 0.25) is 0 Å². The van der Waals surface area contributed by atoms with Crippen LogP contribution in [0, 0.1) is 0 Å². The maximum absolute atomic E-state index is 11.9. The second-order valence-electron chi connectivity index (χ2n) is 4.49. The number of halogens is 1. The van der Waals surface area contributed by atoms with Gasteiger partial charge in [0, 0.05) is 10.9 Å². The van der Waals surface area contributed by atoms with Crippen LogP contribution >= 0.6 is 27.3 Å². The van der Waals surface area contributed by atoms with E-state index in [2.05, 4.69) is 39.1 Å². The first-order valence-electron chi connectivity index (χ1n) is 6.36. The van der Waals surface area contributed by atoms with Gasteiger partial charge in [0.1, 0.15) is 5.01 Å². The van der Waals surface area contributed by atoms with Crippen LogP contribution in [0.3, 0.4) is 0 Å². The Kier molecular flexibility index (Phi) is 4.03. The van der Waals surface area contributed by atoms with Gasteiger partial charge in [-0.15, -0.1) is 11.3 Å². The third-order valence-electron chi connectivity index (χ3n) is 3.17. The second kappa shape index (κ2) is 5.95. The predicted molar refractivity (Wildman–Crippen MR) is 89.0 cm³/mol. The number of aromatic nitrogens is 1. The van der Waals surface area contributed by atoms with Crippen LogP contribution in [0.4, 0.5) is 0 Å². The van der Waals surface area contributed by atoms with E-state index in [-0.39, 0.29) is 5.97 Å². The number of rotatable bonds is 3. The van der Waals surface area contributed by atoms with Gasteiger partial charge >= 0.3 is 5.97 Å². The molecule has 0 bridgehead atoms. The summed E-state index contributed by atoms with van der Waals surface area (Å²) >= 11 is 5.03. The summed E-state index contributed by atoms with van der Waals surface area (Å²) in [6.45, 7) is 0. The number of thiazole rings is 1. The van der Waals surface area contributed by atoms with E-state index in [9.17, 15) is 4.79 Å². The number of alkyl halides is 1. The van der Waals surface area contributed by atoms with Crippen molar-refractivity contribution in [2.24, 2.45) is 0 Å². The van der Waals surface area contributed by atoms with E-state index < -0.39 is 0 Å². The number of nitrogens with zero attached hydrogens (tertiary/aromatic N) is 1. The van der Waals surface area contributed by atoms with Crippen molar-refractivity contribution < 1.29 is 9.53 Å². The van der Waals surface area contributed by atoms with Crippen LogP contribution < -0.4 is 0 Å². The van der Waals surface area contributed by atoms with Crippen molar-refractivity contribution in [1.29, 1.82) is 0 Å². The van der Waals surface area contributed by atoms with E-state index >= 15 is 0 Å². The van der Waals surface area contributed by atoms with Crippen LogP contribution in [-0.2, 0) is 10.1 Å². The van der Waals surface area contributed by atoms with E-state index in [4.69, 9.17) is 4.74 Å². The molecule has 0 amide bonds. The first-order valence-corrected chi connectivity index (χ1v) is 8.30. The third-order valence-corrected chi connectivity index (χ3v) is 4.89. The van der Waals surface area contributed by atoms with Crippen molar-refractivity contribution >= 4 is 43.5 Å². The molecular formula is C16H12BrNO2S. The van der Waals surface area contributed by atoms with Crippen molar-refractivity contribution in [2.75, 3.05) is 7.11 Å². The Morgan fingerprint density at radius 1 is 1.29 bits per heavy atom. The Labute approximate surface area is 134 Å². The molecule has 3 nitrogen and oxygen atoms in total. The number of hydrogen-bond donors (Lipinski definition) is 0. The SMILES string of the molecule is COC(=O)c1ccccc1-c1nc2cc(CBr)ccc2s1. The monoisotopic (exact) mass is 361 g/mol. The molecule has 1 aromatic heterocycles. The van der Waals surface area contributed by atoms with E-state index in [1.165, 1.54) is 12.7 Å². The summed E-state index contributed by atoms with van der Waals surface area (Å²) in [7, 11) is 1.39. The fraction of sp³-hybridized carbons (Fsp3) is 0.125. The highest BCUT2D eigenvalue weighted by Gasteiger charge is 2.15. The van der Waals surface area contributed by atoms with E-state index in [1.54, 1.807) is 17.4 Å². The lowest BCUT2D eigenvalue weighted by atomic mass is 10.1. The highest BCUT2D eigenvalue weighted by Crippen LogP contribution is 2.33. The quantitative estimate of drug-likeness (QED) is 0.503. The third kappa shape index (κ3) is 2.71. The van der Waals surface area contributed by atoms with Gasteiger partial charge in [-0.1, -0.05) is 40.2 Å². The Morgan fingerprint density at radius 3 is 2.86 bits per heavy atom. The minimum absolute atomic E-state index is 0.342. The fourth-order valence-electron chi connectivity index (χ4n) is 2.13. The first-order chi connectivity index (χ1) is 10.2. The van der Waals surface area contributed by atoms with Crippen LogP contribution in [0.1, 0.15) is 15.9 Å². The molecule has 5 heteroatoms. The van der Waals surface area contributed by atoms with Gasteiger partial charge in [0.15, 0.2) is 0 Å². The van der Waals surface area contributed by atoms with Gasteiger partial charge in [-0.2, -0.15) is 0 Å². The molecule has 0 saturated heterocycles. The summed E-state index contributed by atoms with van der Waals surface area (Å²) in [5.74, 6) is -0.342. The van der Waals surface area contributed by atoms with Crippen LogP contribution in [0.15, 0.2) is 42.5 Å². The first kappa shape index (κ1) is 14.2. The van der Waals surface area contributed by atoms with Crippen molar-refractivity contribution in [3.63, 3.8) is 0 Å². The summed E-state index contributed by atoms with van der Waals surface area (Å²) < 4.78 is 5.95. The molecule has 0 spiro atoms. The van der Waals surface area contributed by atoms with Gasteiger partial charge in [-0.25, -0.2) is 9.78 Å². The minimum Gasteiger partial charge on any atom is -0.465 e. The second-order valence-corrected chi connectivity index (χ2v) is 6.08. The summed E-state index contributed by atoms with van der Waals surface area (Å²) in [5.41, 5.74) is 3.48. The molecule has 106 valence electrons. The number of hydrogen-bond acceptors (Lipinski definition) is 4. The van der Waals surface area contributed by atoms with Crippen molar-refractivity contribution in [3.8, 4) is 10.6 Å². The molecule has 0 saturated carbocycles. The molecule has 2 aromatic carbocycles. The molecule has 0 unspecified atom stereocenters.